The molecule has 2 aromatic rings. The van der Waals surface area contributed by atoms with Gasteiger partial charge in [0.05, 0.1) is 0 Å². The lowest BCUT2D eigenvalue weighted by Gasteiger charge is -2.42. The number of nitrogens with zero attached hydrogens (tertiary/aromatic N) is 3. The summed E-state index contributed by atoms with van der Waals surface area (Å²) in [6.07, 6.45) is 9.07. The van der Waals surface area contributed by atoms with Crippen LogP contribution in [0, 0.1) is 17.2 Å². The molecule has 5 rings (SSSR count). The number of likely N-dealkylation sites (tertiary alicyclic amines) is 1. The molecule has 2 aliphatic heterocycles. The van der Waals surface area contributed by atoms with E-state index in [-0.39, 0.29) is 42.6 Å². The van der Waals surface area contributed by atoms with Crippen LogP contribution in [-0.4, -0.2) is 94.5 Å². The molecule has 13 heteroatoms. The van der Waals surface area contributed by atoms with E-state index in [0.29, 0.717) is 51.2 Å². The van der Waals surface area contributed by atoms with Crippen LogP contribution in [0.4, 0.5) is 0 Å². The van der Waals surface area contributed by atoms with Crippen molar-refractivity contribution < 1.29 is 24.0 Å². The number of guanidine groups is 1. The number of nitrogens with two attached hydrogens (primary N) is 1. The highest BCUT2D eigenvalue weighted by Crippen LogP contribution is 2.30. The molecule has 6 N–H and O–H groups in total. The minimum absolute atomic E-state index is 0.0421. The second-order valence-corrected chi connectivity index (χ2v) is 16.0. The molecule has 304 valence electrons. The van der Waals surface area contributed by atoms with Gasteiger partial charge in [0.25, 0.3) is 0 Å². The van der Waals surface area contributed by atoms with Crippen molar-refractivity contribution in [1.82, 2.24) is 30.7 Å². The average molecular weight is 771 g/mol. The zero-order valence-corrected chi connectivity index (χ0v) is 33.4. The molecule has 4 atom stereocenters. The van der Waals surface area contributed by atoms with E-state index in [9.17, 15) is 19.2 Å². The Morgan fingerprint density at radius 1 is 0.875 bits per heavy atom. The minimum atomic E-state index is -0.991. The van der Waals surface area contributed by atoms with Crippen LogP contribution in [0.2, 0.25) is 0 Å². The largest absolute Gasteiger partial charge is 0.370 e. The number of likely N-dealkylation sites (N-methyl/N-ethyl adjacent to an activating group) is 1. The van der Waals surface area contributed by atoms with Gasteiger partial charge in [0.2, 0.25) is 29.5 Å². The van der Waals surface area contributed by atoms with Crippen LogP contribution < -0.4 is 21.7 Å². The van der Waals surface area contributed by atoms with E-state index in [0.717, 1.165) is 61.6 Å². The molecular weight excluding hydrogens is 709 g/mol. The molecule has 2 heterocycles. The van der Waals surface area contributed by atoms with E-state index >= 15 is 4.79 Å². The van der Waals surface area contributed by atoms with E-state index in [2.05, 4.69) is 16.0 Å². The van der Waals surface area contributed by atoms with Gasteiger partial charge in [-0.3, -0.25) is 29.4 Å². The Morgan fingerprint density at radius 3 is 2.18 bits per heavy atom. The monoisotopic (exact) mass is 770 g/mol. The predicted molar refractivity (Wildman–Crippen MR) is 216 cm³/mol. The first-order valence-corrected chi connectivity index (χ1v) is 20.6. The van der Waals surface area contributed by atoms with Gasteiger partial charge in [0.15, 0.2) is 5.96 Å². The Bertz CT molecular complexity index is 1670. The van der Waals surface area contributed by atoms with Gasteiger partial charge in [-0.1, -0.05) is 106 Å². The second kappa shape index (κ2) is 20.3. The number of hydrogen-bond donors (Lipinski definition) is 5. The summed E-state index contributed by atoms with van der Waals surface area (Å²) in [5.41, 5.74) is 8.66. The highest BCUT2D eigenvalue weighted by molar-refractivity contribution is 5.96. The number of fused-ring (bicyclic) bond motifs is 1. The molecule has 0 unspecified atom stereocenters. The van der Waals surface area contributed by atoms with Crippen molar-refractivity contribution in [3.05, 3.63) is 71.3 Å². The number of benzene rings is 2. The van der Waals surface area contributed by atoms with Gasteiger partial charge >= 0.3 is 0 Å². The minimum Gasteiger partial charge on any atom is -0.370 e. The van der Waals surface area contributed by atoms with E-state index < -0.39 is 36.0 Å². The number of unbranched alkanes of at least 4 members (excludes halogenated alkanes) is 1. The van der Waals surface area contributed by atoms with Crippen molar-refractivity contribution >= 4 is 35.5 Å². The summed E-state index contributed by atoms with van der Waals surface area (Å²) >= 11 is 0. The number of piperidine rings is 1. The first-order valence-electron chi connectivity index (χ1n) is 20.6. The van der Waals surface area contributed by atoms with Crippen molar-refractivity contribution in [3.63, 3.8) is 0 Å². The molecule has 2 fully saturated rings. The smallest absolute Gasteiger partial charge is 0.246 e. The lowest BCUT2D eigenvalue weighted by Crippen LogP contribution is -2.63. The number of rotatable bonds is 15. The molecule has 3 aliphatic rings. The Labute approximate surface area is 332 Å². The summed E-state index contributed by atoms with van der Waals surface area (Å²) in [7, 11) is 1.74. The summed E-state index contributed by atoms with van der Waals surface area (Å²) in [6, 6.07) is 13.9. The Hall–Kier alpha value is -4.94. The molecule has 0 spiro atoms. The predicted octanol–water partition coefficient (Wildman–Crippen LogP) is 3.84. The number of hydrogen-bond acceptors (Lipinski definition) is 6. The zero-order valence-electron chi connectivity index (χ0n) is 33.4. The van der Waals surface area contributed by atoms with Crippen molar-refractivity contribution in [1.29, 1.82) is 5.41 Å². The van der Waals surface area contributed by atoms with Gasteiger partial charge in [-0.15, -0.1) is 0 Å². The molecule has 13 nitrogen and oxygen atoms in total. The van der Waals surface area contributed by atoms with Crippen LogP contribution in [-0.2, 0) is 43.5 Å². The average Bonchev–Trinajstić information content (AvgIpc) is 3.20. The summed E-state index contributed by atoms with van der Waals surface area (Å²) in [6.45, 7) is 4.88. The molecular formula is C43H62N8O5. The lowest BCUT2D eigenvalue weighted by molar-refractivity contribution is -0.147. The third-order valence-corrected chi connectivity index (χ3v) is 11.8. The van der Waals surface area contributed by atoms with Gasteiger partial charge < -0.3 is 36.4 Å². The Kier molecular flexibility index (Phi) is 15.3. The van der Waals surface area contributed by atoms with Crippen molar-refractivity contribution in [2.24, 2.45) is 17.6 Å². The van der Waals surface area contributed by atoms with Gasteiger partial charge in [-0.2, -0.15) is 0 Å². The number of carbonyl (C=O) groups is 5. The summed E-state index contributed by atoms with van der Waals surface area (Å²) < 4.78 is 0. The van der Waals surface area contributed by atoms with Crippen LogP contribution in [0.1, 0.15) is 101 Å². The van der Waals surface area contributed by atoms with Crippen LogP contribution >= 0.6 is 0 Å². The SMILES string of the molecule is CCCC[C@H](NC(=O)[C@@H]1Cc2ccccc2CN1C(=O)[C@@H](NC(=O)[C@H](CC1CCCCC1)NC(C)=O)C1CCN(C(=N)N)CC1)C(=O)N(C)Cc1ccccc1. The molecule has 56 heavy (non-hydrogen) atoms. The van der Waals surface area contributed by atoms with Crippen molar-refractivity contribution in [2.45, 2.75) is 128 Å². The fourth-order valence-electron chi connectivity index (χ4n) is 8.64. The Balaban J connectivity index is 1.42. The van der Waals surface area contributed by atoms with Gasteiger partial charge in [-0.05, 0) is 54.2 Å². The van der Waals surface area contributed by atoms with E-state index in [1.165, 1.54) is 6.92 Å². The second-order valence-electron chi connectivity index (χ2n) is 16.0. The third kappa shape index (κ3) is 11.3. The fraction of sp³-hybridized carbons (Fsp3) is 0.581. The molecule has 1 aliphatic carbocycles. The Morgan fingerprint density at radius 2 is 1.54 bits per heavy atom. The molecule has 1 saturated carbocycles. The van der Waals surface area contributed by atoms with Crippen LogP contribution in [0.5, 0.6) is 0 Å². The molecule has 1 saturated heterocycles. The molecule has 0 radical (unpaired) electrons. The topological polar surface area (TPSA) is 181 Å². The number of amides is 5. The van der Waals surface area contributed by atoms with Crippen LogP contribution in [0.15, 0.2) is 54.6 Å². The lowest BCUT2D eigenvalue weighted by atomic mass is 9.84. The quantitative estimate of drug-likeness (QED) is 0.135. The highest BCUT2D eigenvalue weighted by atomic mass is 16.2. The van der Waals surface area contributed by atoms with Crippen molar-refractivity contribution in [2.75, 3.05) is 20.1 Å². The summed E-state index contributed by atoms with van der Waals surface area (Å²) in [5.74, 6) is -1.78. The molecule has 0 aromatic heterocycles. The summed E-state index contributed by atoms with van der Waals surface area (Å²) in [4.78, 5) is 75.0. The van der Waals surface area contributed by atoms with E-state index in [1.807, 2.05) is 61.5 Å². The maximum atomic E-state index is 15.1. The van der Waals surface area contributed by atoms with Gasteiger partial charge in [0.1, 0.15) is 24.2 Å². The van der Waals surface area contributed by atoms with E-state index in [1.54, 1.807) is 21.7 Å². The molecule has 0 bridgehead atoms. The standard InChI is InChI=1S/C43H62N8O5/c1-4-5-20-35(41(55)49(3)27-31-16-10-7-11-17-31)47-40(54)37-26-33-18-12-13-19-34(33)28-51(37)42(56)38(32-21-23-50(24-22-32)43(44)45)48-39(53)36(46-29(2)52)25-30-14-8-6-9-15-30/h7,10-13,16-19,30,32,35-38H,4-6,8-9,14-15,20-28H2,1-3H3,(H3,44,45)(H,46,52)(H,47,54)(H,48,53)/t35-,36-,37-,38-/m0/s1. The van der Waals surface area contributed by atoms with Crippen LogP contribution in [0.3, 0.4) is 0 Å². The maximum absolute atomic E-state index is 15.1. The van der Waals surface area contributed by atoms with E-state index in [4.69, 9.17) is 11.1 Å². The summed E-state index contributed by atoms with van der Waals surface area (Å²) in [5, 5.41) is 17.0. The van der Waals surface area contributed by atoms with Gasteiger partial charge in [-0.25, -0.2) is 0 Å². The maximum Gasteiger partial charge on any atom is 0.246 e. The molecule has 2 aromatic carbocycles. The first kappa shape index (κ1) is 42.2. The highest BCUT2D eigenvalue weighted by Gasteiger charge is 2.43. The first-order chi connectivity index (χ1) is 26.9. The van der Waals surface area contributed by atoms with Crippen molar-refractivity contribution in [3.8, 4) is 0 Å². The fourth-order valence-corrected chi connectivity index (χ4v) is 8.64. The third-order valence-electron chi connectivity index (χ3n) is 11.8. The number of carbonyl (C=O) groups excluding carboxylic acids is 5. The van der Waals surface area contributed by atoms with Gasteiger partial charge in [0, 0.05) is 46.6 Å². The zero-order chi connectivity index (χ0) is 40.2. The normalized spacial score (nSPS) is 19.2. The van der Waals surface area contributed by atoms with Crippen LogP contribution in [0.25, 0.3) is 0 Å². The molecule has 5 amide bonds. The number of nitrogens with one attached hydrogen (secondary N) is 4.